The largest absolute Gasteiger partial charge is 2.00 e. The molecule has 0 saturated heterocycles. The van der Waals surface area contributed by atoms with Crippen LogP contribution in [0.25, 0.3) is 0 Å². The topological polar surface area (TPSA) is 0 Å². The maximum atomic E-state index is 9.67. The van der Waals surface area contributed by atoms with E-state index in [0.29, 0.717) is 0 Å². The summed E-state index contributed by atoms with van der Waals surface area (Å²) in [7, 11) is -3.67. The molecule has 0 aromatic rings. The Labute approximate surface area is 62.7 Å². The van der Waals surface area contributed by atoms with Gasteiger partial charge in [0, 0.05) is 0 Å². The van der Waals surface area contributed by atoms with Crippen molar-refractivity contribution in [3.05, 3.63) is 0 Å². The van der Waals surface area contributed by atoms with Crippen LogP contribution in [0.1, 0.15) is 0 Å². The zero-order valence-electron chi connectivity index (χ0n) is 2.82. The van der Waals surface area contributed by atoms with Crippen molar-refractivity contribution in [2.24, 2.45) is 0 Å². The van der Waals surface area contributed by atoms with Gasteiger partial charge in [-0.1, -0.05) is 0 Å². The van der Waals surface area contributed by atoms with Gasteiger partial charge in [0.05, 0.1) is 0 Å². The molecular weight excluding hydrogens is 195 g/mol. The average molecular weight is 195 g/mol. The Morgan fingerprint density at radius 3 is 0.857 bits per heavy atom. The monoisotopic (exact) mass is 194 g/mol. The molecule has 0 unspecified atom stereocenters. The van der Waals surface area contributed by atoms with Crippen molar-refractivity contribution < 1.29 is 54.8 Å². The van der Waals surface area contributed by atoms with E-state index >= 15 is 0 Å². The third-order valence-electron chi connectivity index (χ3n) is 0. The summed E-state index contributed by atoms with van der Waals surface area (Å²) in [5.41, 5.74) is 0. The zero-order chi connectivity index (χ0) is 3.58. The van der Waals surface area contributed by atoms with Crippen molar-refractivity contribution in [3.63, 3.8) is 0 Å². The maximum Gasteiger partial charge on any atom is 2.00 e. The van der Waals surface area contributed by atoms with E-state index in [4.69, 9.17) is 0 Å². The first kappa shape index (κ1) is 24.6. The third kappa shape index (κ3) is 187. The minimum Gasteiger partial charge on any atom is -1.00 e. The van der Waals surface area contributed by atoms with Gasteiger partial charge in [0.2, 0.25) is 0 Å². The normalized spacial score (nSPS) is 3.86. The Kier molecular flexibility index (Phi) is 55.4. The molecular formula is BCl2F3Fe. The number of hydrogen-bond acceptors (Lipinski definition) is 0. The molecule has 0 rings (SSSR count). The molecule has 0 aliphatic carbocycles. The predicted molar refractivity (Wildman–Crippen MR) is 9.08 cm³/mol. The second-order valence-electron chi connectivity index (χ2n) is 0.247. The van der Waals surface area contributed by atoms with Crippen LogP contribution in [0, 0.1) is 0 Å². The molecule has 0 aliphatic rings. The standard InChI is InChI=1S/BF3.2ClH.Fe/c2-1(3)4;;;/h;2*1H;/q;;;+2/p-2. The van der Waals surface area contributed by atoms with Gasteiger partial charge in [-0.15, -0.1) is 0 Å². The van der Waals surface area contributed by atoms with Crippen LogP contribution in [-0.4, -0.2) is 7.54 Å². The van der Waals surface area contributed by atoms with Crippen LogP contribution in [0.15, 0.2) is 0 Å². The average Bonchev–Trinajstić information content (AvgIpc) is 0.811. The summed E-state index contributed by atoms with van der Waals surface area (Å²) < 4.78 is 29.0. The summed E-state index contributed by atoms with van der Waals surface area (Å²) in [6.07, 6.45) is 0. The van der Waals surface area contributed by atoms with Gasteiger partial charge < -0.3 is 24.8 Å². The molecule has 0 bridgehead atoms. The summed E-state index contributed by atoms with van der Waals surface area (Å²) in [6.45, 7) is 0. The van der Waals surface area contributed by atoms with Crippen LogP contribution >= 0.6 is 0 Å². The molecule has 7 heteroatoms. The minimum atomic E-state index is -3.67. The van der Waals surface area contributed by atoms with E-state index in [2.05, 4.69) is 0 Å². The molecule has 0 N–H and O–H groups in total. The molecule has 0 amide bonds. The SMILES string of the molecule is FB(F)F.[Cl-].[Cl-].[Fe+2]. The molecule has 0 fully saturated rings. The maximum absolute atomic E-state index is 9.67. The van der Waals surface area contributed by atoms with Crippen LogP contribution in [0.2, 0.25) is 0 Å². The van der Waals surface area contributed by atoms with E-state index < -0.39 is 7.54 Å². The molecule has 0 radical (unpaired) electrons. The number of rotatable bonds is 0. The van der Waals surface area contributed by atoms with Crippen LogP contribution < -0.4 is 24.8 Å². The molecule has 0 aromatic carbocycles. The van der Waals surface area contributed by atoms with Gasteiger partial charge in [-0.3, -0.25) is 12.9 Å². The predicted octanol–water partition coefficient (Wildman–Crippen LogP) is -5.11. The van der Waals surface area contributed by atoms with E-state index in [1.54, 1.807) is 0 Å². The van der Waals surface area contributed by atoms with Crippen LogP contribution in [0.3, 0.4) is 0 Å². The van der Waals surface area contributed by atoms with Crippen molar-refractivity contribution in [1.29, 1.82) is 0 Å². The molecule has 0 heterocycles. The Bertz CT molecular complexity index is 17.7. The first-order chi connectivity index (χ1) is 1.73. The van der Waals surface area contributed by atoms with Gasteiger partial charge in [0.15, 0.2) is 0 Å². The summed E-state index contributed by atoms with van der Waals surface area (Å²) in [5, 5.41) is 0. The van der Waals surface area contributed by atoms with Crippen LogP contribution in [0.5, 0.6) is 0 Å². The van der Waals surface area contributed by atoms with Gasteiger partial charge in [0.1, 0.15) is 0 Å². The van der Waals surface area contributed by atoms with Gasteiger partial charge in [-0.2, -0.15) is 0 Å². The third-order valence-corrected chi connectivity index (χ3v) is 0. The quantitative estimate of drug-likeness (QED) is 0.339. The second kappa shape index (κ2) is 15.8. The first-order valence-corrected chi connectivity index (χ1v) is 0.655. The van der Waals surface area contributed by atoms with Gasteiger partial charge in [0.25, 0.3) is 0 Å². The summed E-state index contributed by atoms with van der Waals surface area (Å²) in [6, 6.07) is 0. The van der Waals surface area contributed by atoms with Crippen molar-refractivity contribution in [2.75, 3.05) is 0 Å². The second-order valence-corrected chi connectivity index (χ2v) is 0.247. The molecule has 0 spiro atoms. The molecule has 0 aromatic heterocycles. The fourth-order valence-electron chi connectivity index (χ4n) is 0. The summed E-state index contributed by atoms with van der Waals surface area (Å²) >= 11 is 0. The van der Waals surface area contributed by atoms with Crippen molar-refractivity contribution >= 4 is 7.54 Å². The van der Waals surface area contributed by atoms with Crippen molar-refractivity contribution in [2.45, 2.75) is 0 Å². The summed E-state index contributed by atoms with van der Waals surface area (Å²) in [5.74, 6) is 0. The Balaban J connectivity index is -0.0000000150. The summed E-state index contributed by atoms with van der Waals surface area (Å²) in [4.78, 5) is 0. The van der Waals surface area contributed by atoms with Crippen molar-refractivity contribution in [3.8, 4) is 0 Å². The Morgan fingerprint density at radius 1 is 0.857 bits per heavy atom. The molecule has 0 atom stereocenters. The van der Waals surface area contributed by atoms with E-state index in [9.17, 15) is 12.9 Å². The Morgan fingerprint density at radius 2 is 0.857 bits per heavy atom. The first-order valence-electron chi connectivity index (χ1n) is 0.655. The van der Waals surface area contributed by atoms with Gasteiger partial charge >= 0.3 is 24.6 Å². The van der Waals surface area contributed by atoms with Crippen LogP contribution in [-0.2, 0) is 17.1 Å². The van der Waals surface area contributed by atoms with Crippen molar-refractivity contribution in [1.82, 2.24) is 0 Å². The van der Waals surface area contributed by atoms with E-state index in [0.717, 1.165) is 0 Å². The fourth-order valence-corrected chi connectivity index (χ4v) is 0. The Hall–Kier alpha value is 0.954. The van der Waals surface area contributed by atoms with E-state index in [1.807, 2.05) is 0 Å². The molecule has 0 aliphatic heterocycles. The smallest absolute Gasteiger partial charge is 1.00 e. The van der Waals surface area contributed by atoms with Crippen LogP contribution in [0.4, 0.5) is 12.9 Å². The van der Waals surface area contributed by atoms with Gasteiger partial charge in [-0.25, -0.2) is 0 Å². The molecule has 0 saturated carbocycles. The number of hydrogen-bond donors (Lipinski definition) is 0. The fraction of sp³-hybridized carbons (Fsp3) is 0. The van der Waals surface area contributed by atoms with Gasteiger partial charge in [-0.05, 0) is 0 Å². The molecule has 7 heavy (non-hydrogen) atoms. The van der Waals surface area contributed by atoms with E-state index in [1.165, 1.54) is 0 Å². The van der Waals surface area contributed by atoms with E-state index in [-0.39, 0.29) is 41.9 Å². The zero-order valence-corrected chi connectivity index (χ0v) is 5.44. The number of halogens is 5. The molecule has 46 valence electrons. The molecule has 0 nitrogen and oxygen atoms in total. The minimum absolute atomic E-state index is 0.